The molecule has 2 aromatic carbocycles. The third kappa shape index (κ3) is 2.90. The Bertz CT molecular complexity index is 947. The maximum absolute atomic E-state index is 12.9. The number of likely N-dealkylation sites (tertiary alicyclic amines) is 1. The molecule has 1 saturated heterocycles. The second-order valence-corrected chi connectivity index (χ2v) is 6.62. The van der Waals surface area contributed by atoms with Crippen molar-refractivity contribution in [3.05, 3.63) is 59.8 Å². The van der Waals surface area contributed by atoms with Crippen LogP contribution in [0.1, 0.15) is 28.3 Å². The zero-order valence-corrected chi connectivity index (χ0v) is 15.0. The van der Waals surface area contributed by atoms with Crippen LogP contribution in [0.5, 0.6) is 11.5 Å². The first-order valence-electron chi connectivity index (χ1n) is 8.78. The first-order chi connectivity index (χ1) is 12.7. The van der Waals surface area contributed by atoms with Crippen LogP contribution in [0.4, 0.5) is 0 Å². The monoisotopic (exact) mass is 350 g/mol. The van der Waals surface area contributed by atoms with Gasteiger partial charge in [-0.2, -0.15) is 0 Å². The van der Waals surface area contributed by atoms with Crippen molar-refractivity contribution in [3.8, 4) is 11.5 Å². The molecule has 0 spiro atoms. The summed E-state index contributed by atoms with van der Waals surface area (Å²) in [6.07, 6.45) is 2.81. The Morgan fingerprint density at radius 1 is 1.12 bits per heavy atom. The minimum absolute atomic E-state index is 0.0749. The molecule has 3 aromatic rings. The van der Waals surface area contributed by atoms with Gasteiger partial charge in [-0.05, 0) is 48.2 Å². The molecular formula is C21H22N2O3. The SMILES string of the molecule is COc1ccc(OC)c(C2CCN(C(=O)c3ccc4cc[nH]c4c3)C2)c1. The zero-order chi connectivity index (χ0) is 18.1. The molecule has 2 heterocycles. The number of rotatable bonds is 4. The van der Waals surface area contributed by atoms with Crippen molar-refractivity contribution < 1.29 is 14.3 Å². The van der Waals surface area contributed by atoms with Crippen LogP contribution in [0.3, 0.4) is 0 Å². The molecule has 5 nitrogen and oxygen atoms in total. The molecule has 1 amide bonds. The van der Waals surface area contributed by atoms with Gasteiger partial charge in [-0.3, -0.25) is 4.79 Å². The standard InChI is InChI=1S/C21H22N2O3/c1-25-17-5-6-20(26-2)18(12-17)16-8-10-23(13-16)21(24)15-4-3-14-7-9-22-19(14)11-15/h3-7,9,11-12,16,22H,8,10,13H2,1-2H3. The lowest BCUT2D eigenvalue weighted by molar-refractivity contribution is 0.0791. The average Bonchev–Trinajstić information content (AvgIpc) is 3.35. The van der Waals surface area contributed by atoms with Gasteiger partial charge in [0.05, 0.1) is 14.2 Å². The van der Waals surface area contributed by atoms with Crippen molar-refractivity contribution in [3.63, 3.8) is 0 Å². The van der Waals surface area contributed by atoms with Crippen molar-refractivity contribution in [2.75, 3.05) is 27.3 Å². The van der Waals surface area contributed by atoms with Gasteiger partial charge in [0.2, 0.25) is 0 Å². The Kier molecular flexibility index (Phi) is 4.29. The molecular weight excluding hydrogens is 328 g/mol. The maximum atomic E-state index is 12.9. The van der Waals surface area contributed by atoms with Crippen LogP contribution in [0.25, 0.3) is 10.9 Å². The van der Waals surface area contributed by atoms with Gasteiger partial charge in [-0.15, -0.1) is 0 Å². The number of methoxy groups -OCH3 is 2. The van der Waals surface area contributed by atoms with Crippen LogP contribution in [-0.2, 0) is 0 Å². The number of hydrogen-bond donors (Lipinski definition) is 1. The van der Waals surface area contributed by atoms with Gasteiger partial charge in [-0.1, -0.05) is 6.07 Å². The quantitative estimate of drug-likeness (QED) is 0.778. The summed E-state index contributed by atoms with van der Waals surface area (Å²) in [6.45, 7) is 1.43. The summed E-state index contributed by atoms with van der Waals surface area (Å²) in [7, 11) is 3.33. The predicted molar refractivity (Wildman–Crippen MR) is 101 cm³/mol. The Labute approximate surface area is 152 Å². The van der Waals surface area contributed by atoms with Crippen molar-refractivity contribution in [2.24, 2.45) is 0 Å². The van der Waals surface area contributed by atoms with Crippen LogP contribution in [0, 0.1) is 0 Å². The fourth-order valence-electron chi connectivity index (χ4n) is 3.72. The van der Waals surface area contributed by atoms with Crippen molar-refractivity contribution in [2.45, 2.75) is 12.3 Å². The van der Waals surface area contributed by atoms with E-state index in [0.717, 1.165) is 46.5 Å². The molecule has 0 aliphatic carbocycles. The molecule has 0 bridgehead atoms. The maximum Gasteiger partial charge on any atom is 0.253 e. The largest absolute Gasteiger partial charge is 0.497 e. The first-order valence-corrected chi connectivity index (χ1v) is 8.78. The van der Waals surface area contributed by atoms with Crippen LogP contribution in [0.2, 0.25) is 0 Å². The van der Waals surface area contributed by atoms with Crippen LogP contribution >= 0.6 is 0 Å². The van der Waals surface area contributed by atoms with Gasteiger partial charge in [0.15, 0.2) is 0 Å². The van der Waals surface area contributed by atoms with Crippen LogP contribution in [-0.4, -0.2) is 43.1 Å². The lowest BCUT2D eigenvalue weighted by Crippen LogP contribution is -2.28. The molecule has 1 fully saturated rings. The van der Waals surface area contributed by atoms with Gasteiger partial charge >= 0.3 is 0 Å². The fraction of sp³-hybridized carbons (Fsp3) is 0.286. The number of nitrogens with zero attached hydrogens (tertiary/aromatic N) is 1. The number of benzene rings is 2. The molecule has 1 aromatic heterocycles. The van der Waals surface area contributed by atoms with Crippen LogP contribution < -0.4 is 9.47 Å². The fourth-order valence-corrected chi connectivity index (χ4v) is 3.72. The number of aromatic nitrogens is 1. The van der Waals surface area contributed by atoms with E-state index in [0.29, 0.717) is 6.54 Å². The second kappa shape index (κ2) is 6.75. The number of ether oxygens (including phenoxy) is 2. The number of carbonyl (C=O) groups excluding carboxylic acids is 1. The Morgan fingerprint density at radius 2 is 2.00 bits per heavy atom. The van der Waals surface area contributed by atoms with E-state index in [-0.39, 0.29) is 11.8 Å². The highest BCUT2D eigenvalue weighted by Gasteiger charge is 2.30. The van der Waals surface area contributed by atoms with E-state index in [2.05, 4.69) is 4.98 Å². The molecule has 1 atom stereocenters. The molecule has 0 radical (unpaired) electrons. The smallest absolute Gasteiger partial charge is 0.253 e. The highest BCUT2D eigenvalue weighted by atomic mass is 16.5. The van der Waals surface area contributed by atoms with E-state index in [1.54, 1.807) is 14.2 Å². The predicted octanol–water partition coefficient (Wildman–Crippen LogP) is 3.81. The topological polar surface area (TPSA) is 54.6 Å². The third-order valence-electron chi connectivity index (χ3n) is 5.15. The lowest BCUT2D eigenvalue weighted by Gasteiger charge is -2.18. The first kappa shape index (κ1) is 16.5. The number of H-pyrrole nitrogens is 1. The van der Waals surface area contributed by atoms with E-state index >= 15 is 0 Å². The van der Waals surface area contributed by atoms with E-state index in [1.807, 2.05) is 53.6 Å². The van der Waals surface area contributed by atoms with Gasteiger partial charge in [0.1, 0.15) is 11.5 Å². The molecule has 4 rings (SSSR count). The summed E-state index contributed by atoms with van der Waals surface area (Å²) >= 11 is 0. The minimum Gasteiger partial charge on any atom is -0.497 e. The molecule has 5 heteroatoms. The molecule has 26 heavy (non-hydrogen) atoms. The molecule has 1 unspecified atom stereocenters. The summed E-state index contributed by atoms with van der Waals surface area (Å²) in [5.74, 6) is 1.98. The van der Waals surface area contributed by atoms with Gasteiger partial charge in [-0.25, -0.2) is 0 Å². The van der Waals surface area contributed by atoms with Crippen molar-refractivity contribution in [1.82, 2.24) is 9.88 Å². The van der Waals surface area contributed by atoms with E-state index in [4.69, 9.17) is 9.47 Å². The number of fused-ring (bicyclic) bond motifs is 1. The second-order valence-electron chi connectivity index (χ2n) is 6.62. The van der Waals surface area contributed by atoms with Gasteiger partial charge in [0, 0.05) is 41.8 Å². The Balaban J connectivity index is 1.55. The van der Waals surface area contributed by atoms with Crippen molar-refractivity contribution >= 4 is 16.8 Å². The Morgan fingerprint density at radius 3 is 2.81 bits per heavy atom. The summed E-state index contributed by atoms with van der Waals surface area (Å²) in [6, 6.07) is 13.7. The highest BCUT2D eigenvalue weighted by molar-refractivity contribution is 5.98. The van der Waals surface area contributed by atoms with E-state index < -0.39 is 0 Å². The van der Waals surface area contributed by atoms with Crippen LogP contribution in [0.15, 0.2) is 48.7 Å². The number of hydrogen-bond acceptors (Lipinski definition) is 3. The average molecular weight is 350 g/mol. The van der Waals surface area contributed by atoms with Gasteiger partial charge in [0.25, 0.3) is 5.91 Å². The minimum atomic E-state index is 0.0749. The highest BCUT2D eigenvalue weighted by Crippen LogP contribution is 2.36. The molecule has 0 saturated carbocycles. The molecule has 1 aliphatic rings. The van der Waals surface area contributed by atoms with E-state index in [9.17, 15) is 4.79 Å². The summed E-state index contributed by atoms with van der Waals surface area (Å²) in [5.41, 5.74) is 2.81. The Hall–Kier alpha value is -2.95. The van der Waals surface area contributed by atoms with Crippen molar-refractivity contribution in [1.29, 1.82) is 0 Å². The lowest BCUT2D eigenvalue weighted by atomic mass is 9.97. The van der Waals surface area contributed by atoms with Gasteiger partial charge < -0.3 is 19.4 Å². The summed E-state index contributed by atoms with van der Waals surface area (Å²) in [4.78, 5) is 18.0. The molecule has 134 valence electrons. The molecule has 1 N–H and O–H groups in total. The zero-order valence-electron chi connectivity index (χ0n) is 15.0. The summed E-state index contributed by atoms with van der Waals surface area (Å²) in [5, 5.41) is 1.11. The number of carbonyl (C=O) groups is 1. The number of nitrogens with one attached hydrogen (secondary N) is 1. The summed E-state index contributed by atoms with van der Waals surface area (Å²) < 4.78 is 10.9. The normalized spacial score (nSPS) is 16.8. The number of amides is 1. The number of aromatic amines is 1. The molecule has 1 aliphatic heterocycles. The third-order valence-corrected chi connectivity index (χ3v) is 5.15. The van der Waals surface area contributed by atoms with E-state index in [1.165, 1.54) is 0 Å².